The Morgan fingerprint density at radius 2 is 1.96 bits per heavy atom. The summed E-state index contributed by atoms with van der Waals surface area (Å²) in [7, 11) is 0. The zero-order chi connectivity index (χ0) is 18.9. The number of hydrogen-bond acceptors (Lipinski definition) is 3. The van der Waals surface area contributed by atoms with Crippen molar-refractivity contribution in [3.05, 3.63) is 41.7 Å². The second-order valence-corrected chi connectivity index (χ2v) is 6.99. The van der Waals surface area contributed by atoms with Crippen LogP contribution in [0.3, 0.4) is 0 Å². The van der Waals surface area contributed by atoms with Gasteiger partial charge in [-0.05, 0) is 50.5 Å². The van der Waals surface area contributed by atoms with Crippen LogP contribution in [0.1, 0.15) is 32.3 Å². The van der Waals surface area contributed by atoms with E-state index >= 15 is 0 Å². The molecule has 1 N–H and O–H groups in total. The summed E-state index contributed by atoms with van der Waals surface area (Å²) in [5.41, 5.74) is -0.289. The van der Waals surface area contributed by atoms with E-state index in [4.69, 9.17) is 0 Å². The van der Waals surface area contributed by atoms with Crippen LogP contribution >= 0.6 is 0 Å². The minimum Gasteiger partial charge on any atom is -0.339 e. The van der Waals surface area contributed by atoms with E-state index in [0.29, 0.717) is 31.5 Å². The second kappa shape index (κ2) is 6.90. The second-order valence-electron chi connectivity index (χ2n) is 6.99. The normalized spacial score (nSPS) is 19.7. The molecule has 2 aliphatic rings. The number of carbonyl (C=O) groups excluding carboxylic acids is 3. The monoisotopic (exact) mass is 359 g/mol. The van der Waals surface area contributed by atoms with Crippen molar-refractivity contribution in [3.63, 3.8) is 0 Å². The maximum absolute atomic E-state index is 13.2. The SMILES string of the molecule is CC(C)N1C(=O)NC2(CCN(C(=O)/C=C/c3cccc(F)c3)CC2)C1=O. The molecule has 1 spiro atoms. The van der Waals surface area contributed by atoms with Crippen LogP contribution in [0.2, 0.25) is 0 Å². The van der Waals surface area contributed by atoms with Crippen LogP contribution in [0.5, 0.6) is 0 Å². The van der Waals surface area contributed by atoms with Gasteiger partial charge < -0.3 is 10.2 Å². The highest BCUT2D eigenvalue weighted by Crippen LogP contribution is 2.30. The van der Waals surface area contributed by atoms with Crippen LogP contribution < -0.4 is 5.32 Å². The van der Waals surface area contributed by atoms with Crippen molar-refractivity contribution in [1.29, 1.82) is 0 Å². The summed E-state index contributed by atoms with van der Waals surface area (Å²) < 4.78 is 13.2. The first-order valence-corrected chi connectivity index (χ1v) is 8.71. The molecule has 2 saturated heterocycles. The lowest BCUT2D eigenvalue weighted by Gasteiger charge is -2.37. The number of hydrogen-bond donors (Lipinski definition) is 1. The van der Waals surface area contributed by atoms with E-state index in [1.165, 1.54) is 23.1 Å². The summed E-state index contributed by atoms with van der Waals surface area (Å²) in [5, 5.41) is 2.81. The van der Waals surface area contributed by atoms with Gasteiger partial charge in [-0.15, -0.1) is 0 Å². The molecule has 2 heterocycles. The molecule has 1 aromatic rings. The lowest BCUT2D eigenvalue weighted by atomic mass is 9.87. The minimum atomic E-state index is -0.898. The quantitative estimate of drug-likeness (QED) is 0.664. The third-order valence-electron chi connectivity index (χ3n) is 4.91. The predicted molar refractivity (Wildman–Crippen MR) is 94.5 cm³/mol. The fourth-order valence-corrected chi connectivity index (χ4v) is 3.44. The molecule has 0 aromatic heterocycles. The van der Waals surface area contributed by atoms with Crippen molar-refractivity contribution in [2.24, 2.45) is 0 Å². The molecule has 0 unspecified atom stereocenters. The highest BCUT2D eigenvalue weighted by Gasteiger charge is 2.53. The van der Waals surface area contributed by atoms with E-state index in [9.17, 15) is 18.8 Å². The highest BCUT2D eigenvalue weighted by atomic mass is 19.1. The molecule has 7 heteroatoms. The van der Waals surface area contributed by atoms with Crippen LogP contribution in [0.15, 0.2) is 30.3 Å². The molecule has 4 amide bonds. The van der Waals surface area contributed by atoms with Crippen molar-refractivity contribution < 1.29 is 18.8 Å². The van der Waals surface area contributed by atoms with E-state index in [0.717, 1.165) is 0 Å². The molecular formula is C19H22FN3O3. The summed E-state index contributed by atoms with van der Waals surface area (Å²) in [6.45, 7) is 4.35. The molecule has 0 atom stereocenters. The number of imide groups is 1. The lowest BCUT2D eigenvalue weighted by Crippen LogP contribution is -2.55. The third kappa shape index (κ3) is 3.34. The van der Waals surface area contributed by atoms with E-state index in [2.05, 4.69) is 5.32 Å². The molecule has 2 aliphatic heterocycles. The Morgan fingerprint density at radius 3 is 2.54 bits per heavy atom. The molecule has 2 fully saturated rings. The molecule has 138 valence electrons. The van der Waals surface area contributed by atoms with Crippen LogP contribution in [-0.4, -0.2) is 52.3 Å². The minimum absolute atomic E-state index is 0.193. The summed E-state index contributed by atoms with van der Waals surface area (Å²) >= 11 is 0. The predicted octanol–water partition coefficient (Wildman–Crippen LogP) is 2.16. The first kappa shape index (κ1) is 18.1. The van der Waals surface area contributed by atoms with E-state index in [-0.39, 0.29) is 29.7 Å². The average molecular weight is 359 g/mol. The number of urea groups is 1. The molecular weight excluding hydrogens is 337 g/mol. The van der Waals surface area contributed by atoms with Gasteiger partial charge in [-0.25, -0.2) is 9.18 Å². The van der Waals surface area contributed by atoms with Crippen LogP contribution in [-0.2, 0) is 9.59 Å². The van der Waals surface area contributed by atoms with Gasteiger partial charge in [-0.1, -0.05) is 12.1 Å². The Hall–Kier alpha value is -2.70. The van der Waals surface area contributed by atoms with Gasteiger partial charge in [-0.3, -0.25) is 14.5 Å². The number of nitrogens with zero attached hydrogens (tertiary/aromatic N) is 2. The number of piperidine rings is 1. The van der Waals surface area contributed by atoms with E-state index < -0.39 is 5.54 Å². The number of benzene rings is 1. The molecule has 0 radical (unpaired) electrons. The first-order valence-electron chi connectivity index (χ1n) is 8.71. The third-order valence-corrected chi connectivity index (χ3v) is 4.91. The molecule has 1 aromatic carbocycles. The highest BCUT2D eigenvalue weighted by molar-refractivity contribution is 6.07. The van der Waals surface area contributed by atoms with Crippen LogP contribution in [0.4, 0.5) is 9.18 Å². The number of amides is 4. The van der Waals surface area contributed by atoms with Gasteiger partial charge in [0.25, 0.3) is 5.91 Å². The molecule has 0 saturated carbocycles. The fraction of sp³-hybridized carbons (Fsp3) is 0.421. The van der Waals surface area contributed by atoms with Gasteiger partial charge in [0.1, 0.15) is 11.4 Å². The van der Waals surface area contributed by atoms with Gasteiger partial charge in [0.2, 0.25) is 5.91 Å². The number of halogens is 1. The smallest absolute Gasteiger partial charge is 0.325 e. The van der Waals surface area contributed by atoms with E-state index in [1.807, 2.05) is 0 Å². The van der Waals surface area contributed by atoms with Crippen LogP contribution in [0, 0.1) is 5.82 Å². The molecule has 3 rings (SSSR count). The van der Waals surface area contributed by atoms with Gasteiger partial charge in [0, 0.05) is 25.2 Å². The molecule has 26 heavy (non-hydrogen) atoms. The number of rotatable bonds is 3. The summed E-state index contributed by atoms with van der Waals surface area (Å²) in [4.78, 5) is 39.9. The maximum Gasteiger partial charge on any atom is 0.325 e. The molecule has 0 bridgehead atoms. The average Bonchev–Trinajstić information content (AvgIpc) is 2.83. The van der Waals surface area contributed by atoms with E-state index in [1.54, 1.807) is 37.0 Å². The van der Waals surface area contributed by atoms with Crippen molar-refractivity contribution in [1.82, 2.24) is 15.1 Å². The van der Waals surface area contributed by atoms with Gasteiger partial charge in [0.15, 0.2) is 0 Å². The van der Waals surface area contributed by atoms with Gasteiger partial charge in [-0.2, -0.15) is 0 Å². The van der Waals surface area contributed by atoms with Gasteiger partial charge in [0.05, 0.1) is 0 Å². The largest absolute Gasteiger partial charge is 0.339 e. The van der Waals surface area contributed by atoms with Gasteiger partial charge >= 0.3 is 6.03 Å². The van der Waals surface area contributed by atoms with Crippen LogP contribution in [0.25, 0.3) is 6.08 Å². The fourth-order valence-electron chi connectivity index (χ4n) is 3.44. The number of nitrogens with one attached hydrogen (secondary N) is 1. The Kier molecular flexibility index (Phi) is 4.80. The number of carbonyl (C=O) groups is 3. The Bertz CT molecular complexity index is 767. The lowest BCUT2D eigenvalue weighted by molar-refractivity contribution is -0.137. The topological polar surface area (TPSA) is 69.7 Å². The van der Waals surface area contributed by atoms with Crippen molar-refractivity contribution in [2.45, 2.75) is 38.3 Å². The van der Waals surface area contributed by atoms with Crippen molar-refractivity contribution >= 4 is 23.9 Å². The Labute approximate surface area is 151 Å². The standard InChI is InChI=1S/C19H22FN3O3/c1-13(2)23-17(25)19(21-18(23)26)8-10-22(11-9-19)16(24)7-6-14-4-3-5-15(20)12-14/h3-7,12-13H,8-11H2,1-2H3,(H,21,26)/b7-6+. The summed E-state index contributed by atoms with van der Waals surface area (Å²) in [6.07, 6.45) is 3.75. The maximum atomic E-state index is 13.2. The zero-order valence-corrected chi connectivity index (χ0v) is 14.9. The first-order chi connectivity index (χ1) is 12.3. The number of likely N-dealkylation sites (tertiary alicyclic amines) is 1. The summed E-state index contributed by atoms with van der Waals surface area (Å²) in [6, 6.07) is 5.43. The van der Waals surface area contributed by atoms with Crippen molar-refractivity contribution in [3.8, 4) is 0 Å². The molecule has 0 aliphatic carbocycles. The zero-order valence-electron chi connectivity index (χ0n) is 14.9. The Balaban J connectivity index is 1.62. The van der Waals surface area contributed by atoms with Crippen molar-refractivity contribution in [2.75, 3.05) is 13.1 Å². The summed E-state index contributed by atoms with van der Waals surface area (Å²) in [5.74, 6) is -0.758. The Morgan fingerprint density at radius 1 is 1.27 bits per heavy atom. The molecule has 6 nitrogen and oxygen atoms in total.